The van der Waals surface area contributed by atoms with E-state index >= 15 is 0 Å². The Morgan fingerprint density at radius 1 is 1.32 bits per heavy atom. The first-order valence-electron chi connectivity index (χ1n) is 8.31. The van der Waals surface area contributed by atoms with Crippen LogP contribution in [0.3, 0.4) is 0 Å². The lowest BCUT2D eigenvalue weighted by Gasteiger charge is -2.35. The van der Waals surface area contributed by atoms with E-state index in [1.165, 1.54) is 6.20 Å². The first-order valence-corrected chi connectivity index (χ1v) is 8.31. The van der Waals surface area contributed by atoms with Crippen LogP contribution in [0, 0.1) is 0 Å². The third-order valence-electron chi connectivity index (χ3n) is 4.34. The highest BCUT2D eigenvalue weighted by Gasteiger charge is 2.28. The SMILES string of the molecule is O=C(Nc1cnccn1)N1CCNCC1Cc1ccc2cccc-2o1. The summed E-state index contributed by atoms with van der Waals surface area (Å²) in [5, 5.41) is 6.15. The van der Waals surface area contributed by atoms with Crippen LogP contribution in [0.25, 0.3) is 11.3 Å². The Morgan fingerprint density at radius 2 is 2.28 bits per heavy atom. The Bertz CT molecular complexity index is 819. The minimum absolute atomic E-state index is 0.0154. The molecule has 1 aromatic heterocycles. The largest absolute Gasteiger partial charge is 0.461 e. The molecule has 1 aromatic rings. The monoisotopic (exact) mass is 337 g/mol. The smallest absolute Gasteiger partial charge is 0.323 e. The summed E-state index contributed by atoms with van der Waals surface area (Å²) in [7, 11) is 0. The maximum atomic E-state index is 12.6. The van der Waals surface area contributed by atoms with E-state index in [0.717, 1.165) is 30.2 Å². The number of carbonyl (C=O) groups is 1. The second-order valence-electron chi connectivity index (χ2n) is 6.02. The van der Waals surface area contributed by atoms with Crippen LogP contribution in [0.5, 0.6) is 0 Å². The molecular weight excluding hydrogens is 318 g/mol. The number of fused-ring (bicyclic) bond motifs is 1. The molecule has 4 rings (SSSR count). The summed E-state index contributed by atoms with van der Waals surface area (Å²) in [5.41, 5.74) is 1.09. The van der Waals surface area contributed by atoms with Gasteiger partial charge in [-0.1, -0.05) is 12.1 Å². The van der Waals surface area contributed by atoms with Gasteiger partial charge < -0.3 is 14.6 Å². The molecule has 1 aliphatic carbocycles. The number of aromatic nitrogens is 2. The fourth-order valence-electron chi connectivity index (χ4n) is 3.10. The zero-order valence-electron chi connectivity index (χ0n) is 13.7. The van der Waals surface area contributed by atoms with E-state index < -0.39 is 0 Å². The molecule has 1 unspecified atom stereocenters. The summed E-state index contributed by atoms with van der Waals surface area (Å²) in [6.07, 6.45) is 5.32. The molecular formula is C18H19N5O2. The van der Waals surface area contributed by atoms with Crippen molar-refractivity contribution in [1.29, 1.82) is 0 Å². The van der Waals surface area contributed by atoms with E-state index in [4.69, 9.17) is 4.42 Å². The third kappa shape index (κ3) is 3.46. The van der Waals surface area contributed by atoms with Crippen molar-refractivity contribution in [3.05, 3.63) is 54.7 Å². The molecule has 2 aliphatic heterocycles. The van der Waals surface area contributed by atoms with Crippen molar-refractivity contribution < 1.29 is 9.21 Å². The number of nitrogens with one attached hydrogen (secondary N) is 2. The summed E-state index contributed by atoms with van der Waals surface area (Å²) in [6.45, 7) is 2.13. The predicted octanol–water partition coefficient (Wildman–Crippen LogP) is 2.22. The van der Waals surface area contributed by atoms with Gasteiger partial charge in [-0.15, -0.1) is 0 Å². The van der Waals surface area contributed by atoms with Crippen LogP contribution in [0.1, 0.15) is 5.76 Å². The van der Waals surface area contributed by atoms with Crippen LogP contribution < -0.4 is 10.6 Å². The number of anilines is 1. The molecule has 7 nitrogen and oxygen atoms in total. The van der Waals surface area contributed by atoms with Gasteiger partial charge in [-0.2, -0.15) is 0 Å². The van der Waals surface area contributed by atoms with E-state index in [9.17, 15) is 4.79 Å². The molecule has 0 spiro atoms. The quantitative estimate of drug-likeness (QED) is 0.766. The molecule has 0 bridgehead atoms. The fourth-order valence-corrected chi connectivity index (χ4v) is 3.10. The molecule has 3 aliphatic rings. The van der Waals surface area contributed by atoms with Crippen LogP contribution in [-0.2, 0) is 6.42 Å². The first kappa shape index (κ1) is 15.6. The third-order valence-corrected chi connectivity index (χ3v) is 4.34. The van der Waals surface area contributed by atoms with Gasteiger partial charge in [-0.25, -0.2) is 9.78 Å². The fraction of sp³-hybridized carbons (Fsp3) is 0.278. The molecule has 128 valence electrons. The molecule has 2 N–H and O–H groups in total. The number of carbonyl (C=O) groups excluding carboxylic acids is 1. The average molecular weight is 337 g/mol. The summed E-state index contributed by atoms with van der Waals surface area (Å²) >= 11 is 0. The van der Waals surface area contributed by atoms with Crippen molar-refractivity contribution in [2.75, 3.05) is 25.0 Å². The van der Waals surface area contributed by atoms with Crippen molar-refractivity contribution in [1.82, 2.24) is 20.2 Å². The molecule has 3 heterocycles. The Morgan fingerprint density at radius 3 is 3.16 bits per heavy atom. The van der Waals surface area contributed by atoms with Gasteiger partial charge in [0, 0.05) is 44.0 Å². The lowest BCUT2D eigenvalue weighted by atomic mass is 10.1. The van der Waals surface area contributed by atoms with Gasteiger partial charge in [-0.05, 0) is 18.2 Å². The molecule has 1 fully saturated rings. The standard InChI is InChI=1S/C18H19N5O2/c24-18(22-17-12-19-6-7-21-17)23-9-8-20-11-14(23)10-15-5-4-13-2-1-3-16(13)25-15/h1-7,12,14,20H,8-11H2,(H,21,22,24). The van der Waals surface area contributed by atoms with Gasteiger partial charge in [0.2, 0.25) is 0 Å². The number of rotatable bonds is 3. The minimum atomic E-state index is -0.165. The van der Waals surface area contributed by atoms with Crippen molar-refractivity contribution >= 4 is 11.8 Å². The first-order chi connectivity index (χ1) is 12.3. The summed E-state index contributed by atoms with van der Waals surface area (Å²) in [5.74, 6) is 2.19. The van der Waals surface area contributed by atoms with Crippen molar-refractivity contribution in [3.8, 4) is 11.3 Å². The highest BCUT2D eigenvalue weighted by Crippen LogP contribution is 2.25. The van der Waals surface area contributed by atoms with E-state index in [1.54, 1.807) is 12.4 Å². The Hall–Kier alpha value is -2.93. The molecule has 0 aromatic carbocycles. The van der Waals surface area contributed by atoms with Crippen molar-refractivity contribution in [2.45, 2.75) is 12.5 Å². The number of hydrogen-bond donors (Lipinski definition) is 2. The maximum Gasteiger partial charge on any atom is 0.323 e. The number of urea groups is 1. The number of nitrogens with zero attached hydrogens (tertiary/aromatic N) is 3. The zero-order valence-corrected chi connectivity index (χ0v) is 13.7. The van der Waals surface area contributed by atoms with E-state index in [-0.39, 0.29) is 12.1 Å². The molecule has 7 heteroatoms. The average Bonchev–Trinajstić information content (AvgIpc) is 3.11. The van der Waals surface area contributed by atoms with Gasteiger partial charge >= 0.3 is 6.03 Å². The lowest BCUT2D eigenvalue weighted by molar-refractivity contribution is 0.167. The van der Waals surface area contributed by atoms with Crippen LogP contribution in [0.4, 0.5) is 10.6 Å². The molecule has 1 saturated heterocycles. The Balaban J connectivity index is 1.49. The second-order valence-corrected chi connectivity index (χ2v) is 6.02. The molecule has 0 radical (unpaired) electrons. The van der Waals surface area contributed by atoms with E-state index in [1.807, 2.05) is 35.2 Å². The van der Waals surface area contributed by atoms with Crippen LogP contribution in [0.2, 0.25) is 0 Å². The topological polar surface area (TPSA) is 83.3 Å². The molecule has 1 atom stereocenters. The second kappa shape index (κ2) is 6.90. The van der Waals surface area contributed by atoms with Gasteiger partial charge in [-0.3, -0.25) is 10.3 Å². The summed E-state index contributed by atoms with van der Waals surface area (Å²) in [6, 6.07) is 9.83. The number of hydrogen-bond acceptors (Lipinski definition) is 5. The van der Waals surface area contributed by atoms with Gasteiger partial charge in [0.25, 0.3) is 0 Å². The molecule has 2 amide bonds. The minimum Gasteiger partial charge on any atom is -0.461 e. The van der Waals surface area contributed by atoms with Crippen molar-refractivity contribution in [2.24, 2.45) is 0 Å². The summed E-state index contributed by atoms with van der Waals surface area (Å²) < 4.78 is 5.94. The van der Waals surface area contributed by atoms with Gasteiger partial charge in [0.15, 0.2) is 5.82 Å². The van der Waals surface area contributed by atoms with Crippen molar-refractivity contribution in [3.63, 3.8) is 0 Å². The molecule has 0 saturated carbocycles. The normalized spacial score (nSPS) is 17.6. The van der Waals surface area contributed by atoms with Gasteiger partial charge in [0.05, 0.1) is 12.2 Å². The van der Waals surface area contributed by atoms with E-state index in [2.05, 4.69) is 20.6 Å². The summed E-state index contributed by atoms with van der Waals surface area (Å²) in [4.78, 5) is 22.5. The van der Waals surface area contributed by atoms with Crippen LogP contribution >= 0.6 is 0 Å². The van der Waals surface area contributed by atoms with E-state index in [0.29, 0.717) is 18.8 Å². The number of amides is 2. The maximum absolute atomic E-state index is 12.6. The predicted molar refractivity (Wildman–Crippen MR) is 93.4 cm³/mol. The lowest BCUT2D eigenvalue weighted by Crippen LogP contribution is -2.55. The Kier molecular flexibility index (Phi) is 4.30. The van der Waals surface area contributed by atoms with Crippen LogP contribution in [-0.4, -0.2) is 46.6 Å². The highest BCUT2D eigenvalue weighted by atomic mass is 16.3. The zero-order chi connectivity index (χ0) is 17.1. The number of piperazine rings is 1. The van der Waals surface area contributed by atoms with Crippen LogP contribution in [0.15, 0.2) is 53.3 Å². The van der Waals surface area contributed by atoms with Gasteiger partial charge in [0.1, 0.15) is 11.5 Å². The molecule has 25 heavy (non-hydrogen) atoms. The highest BCUT2D eigenvalue weighted by molar-refractivity contribution is 5.88. The Labute approximate surface area is 145 Å².